The number of piperidine rings is 1. The van der Waals surface area contributed by atoms with Gasteiger partial charge in [-0.05, 0) is 57.5 Å². The van der Waals surface area contributed by atoms with E-state index >= 15 is 0 Å². The van der Waals surface area contributed by atoms with Crippen molar-refractivity contribution in [3.05, 3.63) is 59.0 Å². The minimum Gasteiger partial charge on any atom is -0.331 e. The summed E-state index contributed by atoms with van der Waals surface area (Å²) in [6.07, 6.45) is 3.80. The van der Waals surface area contributed by atoms with Crippen molar-refractivity contribution in [1.82, 2.24) is 19.9 Å². The maximum atomic E-state index is 12.4. The van der Waals surface area contributed by atoms with Gasteiger partial charge in [0.15, 0.2) is 5.13 Å². The highest BCUT2D eigenvalue weighted by Gasteiger charge is 2.24. The number of thiazole rings is 1. The molecule has 7 nitrogen and oxygen atoms in total. The van der Waals surface area contributed by atoms with Crippen LogP contribution in [0.3, 0.4) is 0 Å². The molecule has 3 aromatic rings. The molecule has 0 bridgehead atoms. The minimum absolute atomic E-state index is 0.0342. The van der Waals surface area contributed by atoms with E-state index in [2.05, 4.69) is 31.6 Å². The van der Waals surface area contributed by atoms with Crippen molar-refractivity contribution in [2.24, 2.45) is 0 Å². The third-order valence-corrected chi connectivity index (χ3v) is 5.94. The lowest BCUT2D eigenvalue weighted by Crippen LogP contribution is -2.40. The second kappa shape index (κ2) is 9.32. The van der Waals surface area contributed by atoms with Gasteiger partial charge in [-0.1, -0.05) is 6.07 Å². The lowest BCUT2D eigenvalue weighted by atomic mass is 9.93. The Kier molecular flexibility index (Phi) is 6.35. The molecule has 1 aliphatic rings. The van der Waals surface area contributed by atoms with Gasteiger partial charge in [-0.15, -0.1) is 11.3 Å². The Morgan fingerprint density at radius 2 is 2.13 bits per heavy atom. The molecule has 1 aliphatic heterocycles. The fourth-order valence-electron chi connectivity index (χ4n) is 3.77. The van der Waals surface area contributed by atoms with Crippen molar-refractivity contribution in [3.63, 3.8) is 0 Å². The summed E-state index contributed by atoms with van der Waals surface area (Å²) in [5, 5.41) is 9.19. The number of hydrogen-bond acceptors (Lipinski definition) is 7. The summed E-state index contributed by atoms with van der Waals surface area (Å²) in [5.41, 5.74) is 4.08. The van der Waals surface area contributed by atoms with E-state index in [1.165, 1.54) is 0 Å². The summed E-state index contributed by atoms with van der Waals surface area (Å²) in [6, 6.07) is 9.65. The molecule has 1 amide bonds. The number of aromatic nitrogens is 3. The molecule has 4 rings (SSSR count). The predicted molar refractivity (Wildman–Crippen MR) is 120 cm³/mol. The number of nitrogens with zero attached hydrogens (tertiary/aromatic N) is 4. The third-order valence-electron chi connectivity index (χ3n) is 5.07. The zero-order chi connectivity index (χ0) is 20.9. The number of anilines is 3. The number of likely N-dealkylation sites (tertiary alicyclic amines) is 1. The standard InChI is InChI=1S/C22H26N6OS/c1-15-10-18(26-22-25-16(2)14-30-22)11-19(24-15)17-6-5-9-28(12-17)13-21(29)27-20-7-3-4-8-23-20/h3-4,7-8,10-11,14,17H,5-6,9,12-13H2,1-2H3,(H,23,27,29)(H,24,25,26)/t17-/m0/s1. The molecule has 0 aliphatic carbocycles. The monoisotopic (exact) mass is 422 g/mol. The zero-order valence-corrected chi connectivity index (χ0v) is 18.1. The molecule has 2 N–H and O–H groups in total. The van der Waals surface area contributed by atoms with Crippen LogP contribution in [-0.2, 0) is 4.79 Å². The molecular weight excluding hydrogens is 396 g/mol. The summed E-state index contributed by atoms with van der Waals surface area (Å²) in [4.78, 5) is 28.1. The first kappa shape index (κ1) is 20.4. The first-order valence-electron chi connectivity index (χ1n) is 10.2. The quantitative estimate of drug-likeness (QED) is 0.622. The van der Waals surface area contributed by atoms with Crippen molar-refractivity contribution < 1.29 is 4.79 Å². The van der Waals surface area contributed by atoms with Crippen LogP contribution in [-0.4, -0.2) is 45.4 Å². The molecule has 8 heteroatoms. The van der Waals surface area contributed by atoms with Gasteiger partial charge in [0.25, 0.3) is 0 Å². The van der Waals surface area contributed by atoms with Crippen LogP contribution in [0.4, 0.5) is 16.6 Å². The highest BCUT2D eigenvalue weighted by Crippen LogP contribution is 2.29. The summed E-state index contributed by atoms with van der Waals surface area (Å²) in [5.74, 6) is 0.859. The number of pyridine rings is 2. The molecule has 156 valence electrons. The normalized spacial score (nSPS) is 16.9. The number of carbonyl (C=O) groups is 1. The Balaban J connectivity index is 1.40. The molecule has 1 saturated heterocycles. The van der Waals surface area contributed by atoms with Crippen LogP contribution < -0.4 is 10.6 Å². The van der Waals surface area contributed by atoms with Crippen LogP contribution in [0.5, 0.6) is 0 Å². The summed E-state index contributed by atoms with van der Waals surface area (Å²) in [7, 11) is 0. The molecule has 0 aromatic carbocycles. The van der Waals surface area contributed by atoms with Gasteiger partial charge >= 0.3 is 0 Å². The van der Waals surface area contributed by atoms with Gasteiger partial charge in [0.05, 0.1) is 12.2 Å². The number of amides is 1. The Hall–Kier alpha value is -2.84. The van der Waals surface area contributed by atoms with Crippen LogP contribution in [0.2, 0.25) is 0 Å². The highest BCUT2D eigenvalue weighted by atomic mass is 32.1. The van der Waals surface area contributed by atoms with Gasteiger partial charge in [-0.25, -0.2) is 9.97 Å². The summed E-state index contributed by atoms with van der Waals surface area (Å²) >= 11 is 1.60. The van der Waals surface area contributed by atoms with Crippen LogP contribution in [0.1, 0.15) is 35.8 Å². The SMILES string of the molecule is Cc1cc(Nc2nc(C)cs2)cc([C@H]2CCCN(CC(=O)Nc3ccccn3)C2)n1. The van der Waals surface area contributed by atoms with Crippen LogP contribution in [0.15, 0.2) is 41.9 Å². The molecule has 0 radical (unpaired) electrons. The first-order valence-corrected chi connectivity index (χ1v) is 11.0. The van der Waals surface area contributed by atoms with Gasteiger partial charge in [-0.3, -0.25) is 14.7 Å². The van der Waals surface area contributed by atoms with E-state index in [-0.39, 0.29) is 5.91 Å². The molecule has 0 spiro atoms. The molecule has 0 unspecified atom stereocenters. The lowest BCUT2D eigenvalue weighted by Gasteiger charge is -2.32. The van der Waals surface area contributed by atoms with E-state index in [4.69, 9.17) is 4.98 Å². The topological polar surface area (TPSA) is 83.0 Å². The molecule has 1 atom stereocenters. The maximum absolute atomic E-state index is 12.4. The van der Waals surface area contributed by atoms with Crippen LogP contribution in [0, 0.1) is 13.8 Å². The first-order chi connectivity index (χ1) is 14.5. The van der Waals surface area contributed by atoms with Crippen molar-refractivity contribution in [1.29, 1.82) is 0 Å². The lowest BCUT2D eigenvalue weighted by molar-refractivity contribution is -0.117. The molecule has 0 saturated carbocycles. The number of hydrogen-bond donors (Lipinski definition) is 2. The van der Waals surface area contributed by atoms with Gasteiger partial charge < -0.3 is 10.6 Å². The van der Waals surface area contributed by atoms with E-state index in [0.29, 0.717) is 18.3 Å². The van der Waals surface area contributed by atoms with Crippen molar-refractivity contribution in [3.8, 4) is 0 Å². The predicted octanol–water partition coefficient (Wildman–Crippen LogP) is 4.11. The van der Waals surface area contributed by atoms with Gasteiger partial charge in [0, 0.05) is 41.1 Å². The van der Waals surface area contributed by atoms with Gasteiger partial charge in [0.2, 0.25) is 5.91 Å². The zero-order valence-electron chi connectivity index (χ0n) is 17.3. The van der Waals surface area contributed by atoms with Gasteiger partial charge in [-0.2, -0.15) is 0 Å². The van der Waals surface area contributed by atoms with Crippen molar-refractivity contribution in [2.45, 2.75) is 32.6 Å². The van der Waals surface area contributed by atoms with E-state index in [0.717, 1.165) is 53.8 Å². The number of carbonyl (C=O) groups excluding carboxylic acids is 1. The molecular formula is C22H26N6OS. The Morgan fingerprint density at radius 1 is 1.23 bits per heavy atom. The van der Waals surface area contributed by atoms with E-state index in [1.54, 1.807) is 23.6 Å². The van der Waals surface area contributed by atoms with Crippen molar-refractivity contribution >= 4 is 33.9 Å². The molecule has 4 heterocycles. The largest absolute Gasteiger partial charge is 0.331 e. The minimum atomic E-state index is -0.0342. The van der Waals surface area contributed by atoms with E-state index < -0.39 is 0 Å². The summed E-state index contributed by atoms with van der Waals surface area (Å²) in [6.45, 7) is 6.11. The smallest absolute Gasteiger partial charge is 0.239 e. The molecule has 3 aromatic heterocycles. The third kappa shape index (κ3) is 5.40. The van der Waals surface area contributed by atoms with Crippen molar-refractivity contribution in [2.75, 3.05) is 30.3 Å². The van der Waals surface area contributed by atoms with E-state index in [1.807, 2.05) is 37.4 Å². The fourth-order valence-corrected chi connectivity index (χ4v) is 4.48. The summed E-state index contributed by atoms with van der Waals surface area (Å²) < 4.78 is 0. The number of aryl methyl sites for hydroxylation is 2. The second-order valence-electron chi connectivity index (χ2n) is 7.68. The average Bonchev–Trinajstić information content (AvgIpc) is 3.13. The highest BCUT2D eigenvalue weighted by molar-refractivity contribution is 7.13. The average molecular weight is 423 g/mol. The second-order valence-corrected chi connectivity index (χ2v) is 8.54. The maximum Gasteiger partial charge on any atom is 0.239 e. The number of rotatable bonds is 6. The Morgan fingerprint density at radius 3 is 2.90 bits per heavy atom. The molecule has 1 fully saturated rings. The Labute approximate surface area is 180 Å². The Bertz CT molecular complexity index is 1010. The van der Waals surface area contributed by atoms with Gasteiger partial charge in [0.1, 0.15) is 5.82 Å². The molecule has 30 heavy (non-hydrogen) atoms. The fraction of sp³-hybridized carbons (Fsp3) is 0.364. The van der Waals surface area contributed by atoms with Crippen LogP contribution in [0.25, 0.3) is 0 Å². The number of nitrogens with one attached hydrogen (secondary N) is 2. The van der Waals surface area contributed by atoms with Crippen LogP contribution >= 0.6 is 11.3 Å². The van der Waals surface area contributed by atoms with E-state index in [9.17, 15) is 4.79 Å².